The van der Waals surface area contributed by atoms with E-state index in [1.54, 1.807) is 19.1 Å². The van der Waals surface area contributed by atoms with Gasteiger partial charge >= 0.3 is 5.97 Å². The van der Waals surface area contributed by atoms with Gasteiger partial charge in [-0.15, -0.1) is 0 Å². The van der Waals surface area contributed by atoms with Crippen molar-refractivity contribution in [1.29, 1.82) is 0 Å². The zero-order chi connectivity index (χ0) is 15.2. The van der Waals surface area contributed by atoms with Gasteiger partial charge < -0.3 is 14.6 Å². The first-order valence-corrected chi connectivity index (χ1v) is 6.72. The molecule has 0 aliphatic carbocycles. The van der Waals surface area contributed by atoms with E-state index in [-0.39, 0.29) is 5.56 Å². The fourth-order valence-electron chi connectivity index (χ4n) is 1.95. The first-order chi connectivity index (χ1) is 10.1. The van der Waals surface area contributed by atoms with E-state index in [1.807, 2.05) is 31.2 Å². The normalized spacial score (nSPS) is 10.2. The van der Waals surface area contributed by atoms with Crippen LogP contribution in [-0.4, -0.2) is 24.3 Å². The van der Waals surface area contributed by atoms with Crippen LogP contribution in [0.25, 0.3) is 0 Å². The smallest absolute Gasteiger partial charge is 0.336 e. The van der Waals surface area contributed by atoms with Gasteiger partial charge in [0.1, 0.15) is 24.7 Å². The van der Waals surface area contributed by atoms with E-state index >= 15 is 0 Å². The minimum absolute atomic E-state index is 0.257. The van der Waals surface area contributed by atoms with E-state index in [4.69, 9.17) is 14.6 Å². The number of aromatic carboxylic acids is 1. The molecule has 110 valence electrons. The minimum atomic E-state index is -0.950. The molecule has 0 fully saturated rings. The van der Waals surface area contributed by atoms with Gasteiger partial charge in [0.15, 0.2) is 0 Å². The highest BCUT2D eigenvalue weighted by atomic mass is 16.5. The second-order valence-electron chi connectivity index (χ2n) is 4.80. The van der Waals surface area contributed by atoms with Crippen LogP contribution in [-0.2, 0) is 0 Å². The predicted octanol–water partition coefficient (Wildman–Crippen LogP) is 3.46. The van der Waals surface area contributed by atoms with E-state index in [1.165, 1.54) is 6.07 Å². The molecule has 0 saturated carbocycles. The third-order valence-electron chi connectivity index (χ3n) is 3.05. The SMILES string of the molecule is Cc1cccc(OCCOc2ccc(C)c(C(=O)O)c2)c1. The van der Waals surface area contributed by atoms with Gasteiger partial charge in [-0.1, -0.05) is 18.2 Å². The molecule has 1 N–H and O–H groups in total. The monoisotopic (exact) mass is 286 g/mol. The van der Waals surface area contributed by atoms with Gasteiger partial charge in [-0.3, -0.25) is 0 Å². The van der Waals surface area contributed by atoms with E-state index in [9.17, 15) is 4.79 Å². The van der Waals surface area contributed by atoms with Crippen LogP contribution in [0.4, 0.5) is 0 Å². The summed E-state index contributed by atoms with van der Waals surface area (Å²) >= 11 is 0. The average Bonchev–Trinajstić information content (AvgIpc) is 2.45. The number of hydrogen-bond donors (Lipinski definition) is 1. The summed E-state index contributed by atoms with van der Waals surface area (Å²) in [5, 5.41) is 9.06. The summed E-state index contributed by atoms with van der Waals surface area (Å²) in [6.07, 6.45) is 0. The van der Waals surface area contributed by atoms with E-state index < -0.39 is 5.97 Å². The highest BCUT2D eigenvalue weighted by Gasteiger charge is 2.08. The minimum Gasteiger partial charge on any atom is -0.490 e. The molecule has 0 aliphatic heterocycles. The maximum absolute atomic E-state index is 11.0. The molecule has 2 aromatic carbocycles. The maximum atomic E-state index is 11.0. The van der Waals surface area contributed by atoms with Crippen molar-refractivity contribution in [3.05, 3.63) is 59.2 Å². The summed E-state index contributed by atoms with van der Waals surface area (Å²) in [6, 6.07) is 12.8. The number of carboxylic acids is 1. The largest absolute Gasteiger partial charge is 0.490 e. The molecule has 21 heavy (non-hydrogen) atoms. The average molecular weight is 286 g/mol. The second-order valence-corrected chi connectivity index (χ2v) is 4.80. The van der Waals surface area contributed by atoms with E-state index in [2.05, 4.69) is 0 Å². The van der Waals surface area contributed by atoms with Crippen LogP contribution in [0.3, 0.4) is 0 Å². The molecular formula is C17H18O4. The van der Waals surface area contributed by atoms with E-state index in [0.29, 0.717) is 24.5 Å². The molecule has 0 spiro atoms. The lowest BCUT2D eigenvalue weighted by molar-refractivity contribution is 0.0695. The molecule has 0 radical (unpaired) electrons. The highest BCUT2D eigenvalue weighted by molar-refractivity contribution is 5.89. The van der Waals surface area contributed by atoms with Crippen molar-refractivity contribution in [3.8, 4) is 11.5 Å². The Labute approximate surface area is 123 Å². The zero-order valence-corrected chi connectivity index (χ0v) is 12.1. The van der Waals surface area contributed by atoms with Crippen LogP contribution in [0.2, 0.25) is 0 Å². The third-order valence-corrected chi connectivity index (χ3v) is 3.05. The first-order valence-electron chi connectivity index (χ1n) is 6.72. The Morgan fingerprint density at radius 3 is 2.29 bits per heavy atom. The fourth-order valence-corrected chi connectivity index (χ4v) is 1.95. The number of benzene rings is 2. The van der Waals surface area contributed by atoms with Crippen LogP contribution in [0.15, 0.2) is 42.5 Å². The van der Waals surface area contributed by atoms with Crippen molar-refractivity contribution in [1.82, 2.24) is 0 Å². The van der Waals surface area contributed by atoms with Crippen molar-refractivity contribution in [2.75, 3.05) is 13.2 Å². The topological polar surface area (TPSA) is 55.8 Å². The Morgan fingerprint density at radius 2 is 1.67 bits per heavy atom. The number of ether oxygens (including phenoxy) is 2. The molecule has 0 atom stereocenters. The molecule has 0 unspecified atom stereocenters. The molecule has 0 bridgehead atoms. The van der Waals surface area contributed by atoms with Gasteiger partial charge in [0.2, 0.25) is 0 Å². The van der Waals surface area contributed by atoms with Crippen molar-refractivity contribution in [2.24, 2.45) is 0 Å². The van der Waals surface area contributed by atoms with Crippen LogP contribution in [0, 0.1) is 13.8 Å². The van der Waals surface area contributed by atoms with Crippen LogP contribution in [0.1, 0.15) is 21.5 Å². The predicted molar refractivity (Wildman–Crippen MR) is 80.3 cm³/mol. The zero-order valence-electron chi connectivity index (χ0n) is 12.1. The molecule has 2 aromatic rings. The Morgan fingerprint density at radius 1 is 1.00 bits per heavy atom. The molecule has 2 rings (SSSR count). The Bertz CT molecular complexity index is 634. The lowest BCUT2D eigenvalue weighted by atomic mass is 10.1. The molecule has 0 heterocycles. The summed E-state index contributed by atoms with van der Waals surface area (Å²) in [4.78, 5) is 11.0. The Balaban J connectivity index is 1.86. The maximum Gasteiger partial charge on any atom is 0.336 e. The van der Waals surface area contributed by atoms with Crippen LogP contribution < -0.4 is 9.47 Å². The van der Waals surface area contributed by atoms with Crippen LogP contribution in [0.5, 0.6) is 11.5 Å². The van der Waals surface area contributed by atoms with E-state index in [0.717, 1.165) is 11.3 Å². The summed E-state index contributed by atoms with van der Waals surface area (Å²) in [6.45, 7) is 4.52. The standard InChI is InChI=1S/C17H18O4/c1-12-4-3-5-14(10-12)20-8-9-21-15-7-6-13(2)16(11-15)17(18)19/h3-7,10-11H,8-9H2,1-2H3,(H,18,19). The summed E-state index contributed by atoms with van der Waals surface area (Å²) < 4.78 is 11.1. The number of rotatable bonds is 6. The molecule has 4 nitrogen and oxygen atoms in total. The van der Waals surface area contributed by atoms with Crippen molar-refractivity contribution in [3.63, 3.8) is 0 Å². The summed E-state index contributed by atoms with van der Waals surface area (Å²) in [5.74, 6) is 0.383. The first kappa shape index (κ1) is 14.9. The molecule has 0 saturated heterocycles. The fraction of sp³-hybridized carbons (Fsp3) is 0.235. The molecule has 0 aliphatic rings. The lowest BCUT2D eigenvalue weighted by Gasteiger charge is -2.10. The van der Waals surface area contributed by atoms with Gasteiger partial charge in [0.25, 0.3) is 0 Å². The Kier molecular flexibility index (Phi) is 4.82. The Hall–Kier alpha value is -2.49. The van der Waals surface area contributed by atoms with Gasteiger partial charge in [-0.2, -0.15) is 0 Å². The lowest BCUT2D eigenvalue weighted by Crippen LogP contribution is -2.09. The van der Waals surface area contributed by atoms with Crippen LogP contribution >= 0.6 is 0 Å². The number of carboxylic acid groups (broad SMARTS) is 1. The van der Waals surface area contributed by atoms with Crippen molar-refractivity contribution in [2.45, 2.75) is 13.8 Å². The van der Waals surface area contributed by atoms with Crippen molar-refractivity contribution >= 4 is 5.97 Å². The van der Waals surface area contributed by atoms with Gasteiger partial charge in [0, 0.05) is 0 Å². The number of hydrogen-bond acceptors (Lipinski definition) is 3. The molecule has 4 heteroatoms. The summed E-state index contributed by atoms with van der Waals surface area (Å²) in [5.41, 5.74) is 2.11. The summed E-state index contributed by atoms with van der Waals surface area (Å²) in [7, 11) is 0. The van der Waals surface area contributed by atoms with Gasteiger partial charge in [-0.25, -0.2) is 4.79 Å². The van der Waals surface area contributed by atoms with Gasteiger partial charge in [0.05, 0.1) is 5.56 Å². The molecular weight excluding hydrogens is 268 g/mol. The number of aryl methyl sites for hydroxylation is 2. The second kappa shape index (κ2) is 6.79. The third kappa shape index (κ3) is 4.24. The quantitative estimate of drug-likeness (QED) is 0.826. The molecule has 0 aromatic heterocycles. The highest BCUT2D eigenvalue weighted by Crippen LogP contribution is 2.17. The molecule has 0 amide bonds. The van der Waals surface area contributed by atoms with Gasteiger partial charge in [-0.05, 0) is 49.2 Å². The number of carbonyl (C=O) groups is 1. The van der Waals surface area contributed by atoms with Crippen molar-refractivity contribution < 1.29 is 19.4 Å².